The van der Waals surface area contributed by atoms with Gasteiger partial charge in [0.25, 0.3) is 0 Å². The third-order valence-corrected chi connectivity index (χ3v) is 4.72. The zero-order chi connectivity index (χ0) is 17.6. The van der Waals surface area contributed by atoms with Crippen molar-refractivity contribution >= 4 is 5.69 Å². The number of benzene rings is 2. The van der Waals surface area contributed by atoms with E-state index in [4.69, 9.17) is 4.74 Å². The molecule has 1 aliphatic heterocycles. The molecule has 0 unspecified atom stereocenters. The molecule has 0 aromatic heterocycles. The summed E-state index contributed by atoms with van der Waals surface area (Å²) in [5.74, 6) is 0.860. The number of para-hydroxylation sites is 1. The standard InChI is InChI=1S/C21H28N2O2/c1-17-8-9-21(18(2)14-17)25-16-20(24)15-22-10-12-23(13-11-22)19-6-4-3-5-7-19/h3-9,14,20,24H,10-13,15-16H2,1-2H3/t20-/m0/s1. The van der Waals surface area contributed by atoms with Gasteiger partial charge in [0.15, 0.2) is 0 Å². The molecule has 1 saturated heterocycles. The maximum atomic E-state index is 10.3. The van der Waals surface area contributed by atoms with Crippen LogP contribution in [0.4, 0.5) is 5.69 Å². The number of piperazine rings is 1. The number of aliphatic hydroxyl groups is 1. The monoisotopic (exact) mass is 340 g/mol. The van der Waals surface area contributed by atoms with Gasteiger partial charge in [-0.3, -0.25) is 4.90 Å². The lowest BCUT2D eigenvalue weighted by Gasteiger charge is -2.36. The Morgan fingerprint density at radius 2 is 1.72 bits per heavy atom. The summed E-state index contributed by atoms with van der Waals surface area (Å²) in [5, 5.41) is 10.3. The van der Waals surface area contributed by atoms with Crippen LogP contribution in [0, 0.1) is 13.8 Å². The first kappa shape index (κ1) is 17.8. The van der Waals surface area contributed by atoms with E-state index in [1.54, 1.807) is 0 Å². The van der Waals surface area contributed by atoms with Crippen LogP contribution in [0.15, 0.2) is 48.5 Å². The Morgan fingerprint density at radius 3 is 2.40 bits per heavy atom. The summed E-state index contributed by atoms with van der Waals surface area (Å²) >= 11 is 0. The van der Waals surface area contributed by atoms with Crippen LogP contribution in [0.1, 0.15) is 11.1 Å². The van der Waals surface area contributed by atoms with Crippen LogP contribution in [-0.2, 0) is 0 Å². The van der Waals surface area contributed by atoms with Crippen molar-refractivity contribution in [2.24, 2.45) is 0 Å². The Morgan fingerprint density at radius 1 is 1.00 bits per heavy atom. The molecule has 2 aromatic carbocycles. The van der Waals surface area contributed by atoms with Crippen LogP contribution in [-0.4, -0.2) is 55.4 Å². The van der Waals surface area contributed by atoms with Crippen LogP contribution < -0.4 is 9.64 Å². The second kappa shape index (κ2) is 8.37. The van der Waals surface area contributed by atoms with E-state index in [0.717, 1.165) is 37.5 Å². The lowest BCUT2D eigenvalue weighted by molar-refractivity contribution is 0.0661. The molecule has 0 saturated carbocycles. The number of aliphatic hydroxyl groups excluding tert-OH is 1. The van der Waals surface area contributed by atoms with E-state index in [0.29, 0.717) is 13.2 Å². The average molecular weight is 340 g/mol. The Hall–Kier alpha value is -2.04. The summed E-state index contributed by atoms with van der Waals surface area (Å²) in [6.45, 7) is 9.03. The lowest BCUT2D eigenvalue weighted by atomic mass is 10.1. The first-order valence-corrected chi connectivity index (χ1v) is 9.02. The Balaban J connectivity index is 1.42. The van der Waals surface area contributed by atoms with Gasteiger partial charge >= 0.3 is 0 Å². The predicted molar refractivity (Wildman–Crippen MR) is 103 cm³/mol. The summed E-state index contributed by atoms with van der Waals surface area (Å²) < 4.78 is 5.80. The van der Waals surface area contributed by atoms with Gasteiger partial charge in [-0.05, 0) is 37.6 Å². The maximum Gasteiger partial charge on any atom is 0.122 e. The van der Waals surface area contributed by atoms with Gasteiger partial charge in [-0.2, -0.15) is 0 Å². The number of hydrogen-bond donors (Lipinski definition) is 1. The molecule has 0 radical (unpaired) electrons. The van der Waals surface area contributed by atoms with Crippen LogP contribution in [0.2, 0.25) is 0 Å². The molecule has 3 rings (SSSR count). The highest BCUT2D eigenvalue weighted by atomic mass is 16.5. The quantitative estimate of drug-likeness (QED) is 0.877. The fraction of sp³-hybridized carbons (Fsp3) is 0.429. The Bertz CT molecular complexity index is 667. The van der Waals surface area contributed by atoms with E-state index in [1.807, 2.05) is 25.1 Å². The molecule has 134 valence electrons. The largest absolute Gasteiger partial charge is 0.491 e. The zero-order valence-electron chi connectivity index (χ0n) is 15.2. The van der Waals surface area contributed by atoms with E-state index in [2.05, 4.69) is 47.1 Å². The van der Waals surface area contributed by atoms with Crippen molar-refractivity contribution in [3.63, 3.8) is 0 Å². The summed E-state index contributed by atoms with van der Waals surface area (Å²) in [6.07, 6.45) is -0.469. The predicted octanol–water partition coefficient (Wildman–Crippen LogP) is 2.87. The van der Waals surface area contributed by atoms with Gasteiger partial charge in [-0.1, -0.05) is 35.9 Å². The van der Waals surface area contributed by atoms with Gasteiger partial charge < -0.3 is 14.7 Å². The molecule has 1 N–H and O–H groups in total. The second-order valence-corrected chi connectivity index (χ2v) is 6.86. The molecule has 0 bridgehead atoms. The van der Waals surface area contributed by atoms with Gasteiger partial charge in [0.2, 0.25) is 0 Å². The molecule has 0 aliphatic carbocycles. The van der Waals surface area contributed by atoms with Crippen molar-refractivity contribution in [2.75, 3.05) is 44.2 Å². The Labute approximate surface area is 150 Å². The van der Waals surface area contributed by atoms with E-state index >= 15 is 0 Å². The molecule has 0 amide bonds. The summed E-state index contributed by atoms with van der Waals surface area (Å²) in [5.41, 5.74) is 3.62. The van der Waals surface area contributed by atoms with Gasteiger partial charge in [-0.25, -0.2) is 0 Å². The Kier molecular flexibility index (Phi) is 5.95. The number of ether oxygens (including phenoxy) is 1. The SMILES string of the molecule is Cc1ccc(OC[C@@H](O)CN2CCN(c3ccccc3)CC2)c(C)c1. The van der Waals surface area contributed by atoms with Gasteiger partial charge in [-0.15, -0.1) is 0 Å². The number of β-amino-alcohol motifs (C(OH)–C–C–N with tert-alkyl or cyclic N) is 1. The fourth-order valence-corrected chi connectivity index (χ4v) is 3.33. The minimum absolute atomic E-state index is 0.336. The second-order valence-electron chi connectivity index (χ2n) is 6.86. The van der Waals surface area contributed by atoms with E-state index in [-0.39, 0.29) is 0 Å². The highest BCUT2D eigenvalue weighted by Crippen LogP contribution is 2.19. The highest BCUT2D eigenvalue weighted by molar-refractivity contribution is 5.46. The normalized spacial score (nSPS) is 16.7. The highest BCUT2D eigenvalue weighted by Gasteiger charge is 2.19. The number of hydrogen-bond acceptors (Lipinski definition) is 4. The van der Waals surface area contributed by atoms with Crippen molar-refractivity contribution in [1.82, 2.24) is 4.90 Å². The molecule has 4 heteroatoms. The van der Waals surface area contributed by atoms with E-state index in [1.165, 1.54) is 11.3 Å². The number of aryl methyl sites for hydroxylation is 2. The molecule has 1 atom stereocenters. The zero-order valence-corrected chi connectivity index (χ0v) is 15.2. The molecule has 1 aliphatic rings. The minimum Gasteiger partial charge on any atom is -0.491 e. The smallest absolute Gasteiger partial charge is 0.122 e. The van der Waals surface area contributed by atoms with Crippen molar-refractivity contribution in [3.8, 4) is 5.75 Å². The topological polar surface area (TPSA) is 35.9 Å². The van der Waals surface area contributed by atoms with Crippen LogP contribution >= 0.6 is 0 Å². The van der Waals surface area contributed by atoms with Crippen molar-refractivity contribution in [1.29, 1.82) is 0 Å². The summed E-state index contributed by atoms with van der Waals surface area (Å²) in [4.78, 5) is 4.71. The van der Waals surface area contributed by atoms with Gasteiger partial charge in [0.1, 0.15) is 18.5 Å². The van der Waals surface area contributed by atoms with Crippen LogP contribution in [0.25, 0.3) is 0 Å². The number of anilines is 1. The third-order valence-electron chi connectivity index (χ3n) is 4.72. The van der Waals surface area contributed by atoms with Crippen molar-refractivity contribution in [2.45, 2.75) is 20.0 Å². The first-order valence-electron chi connectivity index (χ1n) is 9.02. The van der Waals surface area contributed by atoms with Crippen molar-refractivity contribution in [3.05, 3.63) is 59.7 Å². The molecule has 0 spiro atoms. The molecular weight excluding hydrogens is 312 g/mol. The van der Waals surface area contributed by atoms with Crippen molar-refractivity contribution < 1.29 is 9.84 Å². The molecule has 1 fully saturated rings. The molecule has 4 nitrogen and oxygen atoms in total. The van der Waals surface area contributed by atoms with Gasteiger partial charge in [0, 0.05) is 38.4 Å². The summed E-state index contributed by atoms with van der Waals surface area (Å²) in [7, 11) is 0. The number of nitrogens with zero attached hydrogens (tertiary/aromatic N) is 2. The first-order chi connectivity index (χ1) is 12.1. The molecule has 1 heterocycles. The minimum atomic E-state index is -0.469. The summed E-state index contributed by atoms with van der Waals surface area (Å²) in [6, 6.07) is 16.6. The molecule has 2 aromatic rings. The fourth-order valence-electron chi connectivity index (χ4n) is 3.33. The number of rotatable bonds is 6. The van der Waals surface area contributed by atoms with Gasteiger partial charge in [0.05, 0.1) is 0 Å². The lowest BCUT2D eigenvalue weighted by Crippen LogP contribution is -2.49. The third kappa shape index (κ3) is 4.97. The maximum absolute atomic E-state index is 10.3. The average Bonchev–Trinajstić information content (AvgIpc) is 2.62. The van der Waals surface area contributed by atoms with E-state index < -0.39 is 6.10 Å². The molecular formula is C21H28N2O2. The van der Waals surface area contributed by atoms with Crippen LogP contribution in [0.3, 0.4) is 0 Å². The van der Waals surface area contributed by atoms with Crippen LogP contribution in [0.5, 0.6) is 5.75 Å². The molecule has 25 heavy (non-hydrogen) atoms. The van der Waals surface area contributed by atoms with E-state index in [9.17, 15) is 5.11 Å².